The Morgan fingerprint density at radius 1 is 1.61 bits per heavy atom. The van der Waals surface area contributed by atoms with Crippen molar-refractivity contribution in [1.82, 2.24) is 0 Å². The molecule has 1 rings (SSSR count). The summed E-state index contributed by atoms with van der Waals surface area (Å²) in [6.45, 7) is 3.59. The van der Waals surface area contributed by atoms with Crippen molar-refractivity contribution in [3.8, 4) is 0 Å². The van der Waals surface area contributed by atoms with Crippen LogP contribution in [0.4, 0.5) is 4.39 Å². The second kappa shape index (κ2) is 5.67. The summed E-state index contributed by atoms with van der Waals surface area (Å²) < 4.78 is 17.7. The van der Waals surface area contributed by atoms with Gasteiger partial charge in [-0.3, -0.25) is 4.79 Å². The van der Waals surface area contributed by atoms with Crippen LogP contribution in [0, 0.1) is 5.82 Å². The Bertz CT molecular complexity index is 451. The number of carbonyl (C=O) groups is 1. The van der Waals surface area contributed by atoms with Gasteiger partial charge in [-0.25, -0.2) is 4.39 Å². The molecule has 0 saturated carbocycles. The second-order valence-corrected chi connectivity index (χ2v) is 4.99. The number of hydrogen-bond donors (Lipinski definition) is 1. The van der Waals surface area contributed by atoms with Crippen molar-refractivity contribution in [2.24, 2.45) is 5.73 Å². The topological polar surface area (TPSA) is 52.3 Å². The van der Waals surface area contributed by atoms with Crippen molar-refractivity contribution in [3.05, 3.63) is 34.6 Å². The first-order valence-electron chi connectivity index (χ1n) is 5.59. The molecule has 1 aromatic rings. The number of halogens is 2. The summed E-state index contributed by atoms with van der Waals surface area (Å²) in [7, 11) is 1.32. The number of methoxy groups -OCH3 is 1. The number of rotatable bonds is 4. The summed E-state index contributed by atoms with van der Waals surface area (Å²) in [6, 6.07) is 3.75. The van der Waals surface area contributed by atoms with Gasteiger partial charge in [0.15, 0.2) is 0 Å². The third-order valence-electron chi connectivity index (χ3n) is 3.29. The van der Waals surface area contributed by atoms with Crippen LogP contribution in [0.1, 0.15) is 25.8 Å². The molecule has 100 valence electrons. The highest BCUT2D eigenvalue weighted by Gasteiger charge is 2.35. The zero-order chi connectivity index (χ0) is 13.9. The van der Waals surface area contributed by atoms with Gasteiger partial charge in [-0.1, -0.05) is 24.6 Å². The molecule has 0 aliphatic heterocycles. The van der Waals surface area contributed by atoms with Crippen LogP contribution < -0.4 is 5.73 Å². The molecule has 0 aliphatic rings. The highest BCUT2D eigenvalue weighted by atomic mass is 35.5. The van der Waals surface area contributed by atoms with Gasteiger partial charge in [-0.05, 0) is 24.6 Å². The summed E-state index contributed by atoms with van der Waals surface area (Å²) in [5.74, 6) is -0.802. The van der Waals surface area contributed by atoms with E-state index in [4.69, 9.17) is 17.3 Å². The van der Waals surface area contributed by atoms with Crippen LogP contribution in [0.5, 0.6) is 0 Å². The fourth-order valence-electron chi connectivity index (χ4n) is 1.83. The van der Waals surface area contributed by atoms with E-state index in [0.717, 1.165) is 0 Å². The van der Waals surface area contributed by atoms with Gasteiger partial charge in [0.05, 0.1) is 13.5 Å². The van der Waals surface area contributed by atoms with E-state index < -0.39 is 11.2 Å². The first-order chi connectivity index (χ1) is 8.31. The molecule has 0 amide bonds. The van der Waals surface area contributed by atoms with Gasteiger partial charge in [0.1, 0.15) is 5.82 Å². The minimum absolute atomic E-state index is 0.0898. The fraction of sp³-hybridized carbons (Fsp3) is 0.462. The summed E-state index contributed by atoms with van der Waals surface area (Å²) >= 11 is 6.04. The maximum absolute atomic E-state index is 13.1. The SMILES string of the molecule is COC(=O)CC(C)(c1ccc(F)cc1Cl)C(C)N. The Kier molecular flexibility index (Phi) is 4.71. The molecule has 2 atom stereocenters. The van der Waals surface area contributed by atoms with E-state index in [1.807, 2.05) is 6.92 Å². The van der Waals surface area contributed by atoms with Gasteiger partial charge in [0.25, 0.3) is 0 Å². The molecular formula is C13H17ClFNO2. The molecular weight excluding hydrogens is 257 g/mol. The van der Waals surface area contributed by atoms with E-state index in [-0.39, 0.29) is 23.5 Å². The molecule has 2 unspecified atom stereocenters. The minimum atomic E-state index is -0.697. The molecule has 0 spiro atoms. The van der Waals surface area contributed by atoms with Gasteiger partial charge in [0, 0.05) is 16.5 Å². The van der Waals surface area contributed by atoms with Crippen LogP contribution in [-0.2, 0) is 14.9 Å². The number of benzene rings is 1. The van der Waals surface area contributed by atoms with Gasteiger partial charge < -0.3 is 10.5 Å². The molecule has 0 aliphatic carbocycles. The van der Waals surface area contributed by atoms with Crippen molar-refractivity contribution < 1.29 is 13.9 Å². The van der Waals surface area contributed by atoms with Crippen LogP contribution >= 0.6 is 11.6 Å². The van der Waals surface area contributed by atoms with E-state index in [0.29, 0.717) is 5.56 Å². The number of nitrogens with two attached hydrogens (primary N) is 1. The maximum atomic E-state index is 13.1. The van der Waals surface area contributed by atoms with Gasteiger partial charge in [0.2, 0.25) is 0 Å². The van der Waals surface area contributed by atoms with Crippen molar-refractivity contribution in [2.45, 2.75) is 31.7 Å². The lowest BCUT2D eigenvalue weighted by Crippen LogP contribution is -2.43. The number of carbonyl (C=O) groups excluding carboxylic acids is 1. The number of ether oxygens (including phenoxy) is 1. The van der Waals surface area contributed by atoms with Crippen LogP contribution in [0.15, 0.2) is 18.2 Å². The second-order valence-electron chi connectivity index (χ2n) is 4.58. The monoisotopic (exact) mass is 273 g/mol. The van der Waals surface area contributed by atoms with Gasteiger partial charge in [-0.2, -0.15) is 0 Å². The standard InChI is InChI=1S/C13H17ClFNO2/c1-8(16)13(2,7-12(17)18-3)10-5-4-9(15)6-11(10)14/h4-6,8H,7,16H2,1-3H3. The lowest BCUT2D eigenvalue weighted by atomic mass is 9.74. The van der Waals surface area contributed by atoms with E-state index >= 15 is 0 Å². The number of hydrogen-bond acceptors (Lipinski definition) is 3. The first-order valence-corrected chi connectivity index (χ1v) is 5.97. The molecule has 0 bridgehead atoms. The molecule has 1 aromatic carbocycles. The van der Waals surface area contributed by atoms with Gasteiger partial charge >= 0.3 is 5.97 Å². The fourth-order valence-corrected chi connectivity index (χ4v) is 2.21. The molecule has 18 heavy (non-hydrogen) atoms. The smallest absolute Gasteiger partial charge is 0.306 e. The normalized spacial score (nSPS) is 15.9. The molecule has 0 heterocycles. The van der Waals surface area contributed by atoms with E-state index in [1.54, 1.807) is 13.0 Å². The summed E-state index contributed by atoms with van der Waals surface area (Å²) in [5.41, 5.74) is 5.90. The van der Waals surface area contributed by atoms with Crippen molar-refractivity contribution in [1.29, 1.82) is 0 Å². The summed E-state index contributed by atoms with van der Waals surface area (Å²) in [6.07, 6.45) is 0.0898. The highest BCUT2D eigenvalue weighted by molar-refractivity contribution is 6.31. The maximum Gasteiger partial charge on any atom is 0.306 e. The minimum Gasteiger partial charge on any atom is -0.469 e. The predicted molar refractivity (Wildman–Crippen MR) is 69.0 cm³/mol. The van der Waals surface area contributed by atoms with E-state index in [9.17, 15) is 9.18 Å². The number of esters is 1. The van der Waals surface area contributed by atoms with Crippen LogP contribution in [0.3, 0.4) is 0 Å². The lowest BCUT2D eigenvalue weighted by Gasteiger charge is -2.33. The van der Waals surface area contributed by atoms with Crippen molar-refractivity contribution in [3.63, 3.8) is 0 Å². The van der Waals surface area contributed by atoms with Crippen molar-refractivity contribution in [2.75, 3.05) is 7.11 Å². The predicted octanol–water partition coefficient (Wildman–Crippen LogP) is 2.65. The van der Waals surface area contributed by atoms with Crippen molar-refractivity contribution >= 4 is 17.6 Å². The Labute approximate surface area is 111 Å². The molecule has 3 nitrogen and oxygen atoms in total. The van der Waals surface area contributed by atoms with Crippen LogP contribution in [0.2, 0.25) is 5.02 Å². The Morgan fingerprint density at radius 3 is 2.67 bits per heavy atom. The quantitative estimate of drug-likeness (QED) is 0.858. The highest BCUT2D eigenvalue weighted by Crippen LogP contribution is 2.36. The lowest BCUT2D eigenvalue weighted by molar-refractivity contribution is -0.142. The molecule has 0 fully saturated rings. The molecule has 0 radical (unpaired) electrons. The summed E-state index contributed by atoms with van der Waals surface area (Å²) in [4.78, 5) is 11.5. The molecule has 0 aromatic heterocycles. The third kappa shape index (κ3) is 3.00. The first kappa shape index (κ1) is 14.9. The van der Waals surface area contributed by atoms with Gasteiger partial charge in [-0.15, -0.1) is 0 Å². The average Bonchev–Trinajstić information content (AvgIpc) is 2.28. The summed E-state index contributed by atoms with van der Waals surface area (Å²) in [5, 5.41) is 0.263. The molecule has 5 heteroatoms. The molecule has 0 saturated heterocycles. The van der Waals surface area contributed by atoms with Crippen LogP contribution in [0.25, 0.3) is 0 Å². The largest absolute Gasteiger partial charge is 0.469 e. The Balaban J connectivity index is 3.22. The van der Waals surface area contributed by atoms with Crippen LogP contribution in [-0.4, -0.2) is 19.1 Å². The zero-order valence-corrected chi connectivity index (χ0v) is 11.4. The Morgan fingerprint density at radius 2 is 2.22 bits per heavy atom. The molecule has 2 N–H and O–H groups in total. The average molecular weight is 274 g/mol. The zero-order valence-electron chi connectivity index (χ0n) is 10.7. The Hall–Kier alpha value is -1.13. The third-order valence-corrected chi connectivity index (χ3v) is 3.60. The van der Waals surface area contributed by atoms with E-state index in [2.05, 4.69) is 4.74 Å². The van der Waals surface area contributed by atoms with E-state index in [1.165, 1.54) is 19.2 Å².